The number of anilines is 1. The van der Waals surface area contributed by atoms with Crippen molar-refractivity contribution < 1.29 is 9.59 Å². The minimum Gasteiger partial charge on any atom is -0.365 e. The lowest BCUT2D eigenvalue weighted by Gasteiger charge is -2.20. The Hall–Kier alpha value is -2.56. The highest BCUT2D eigenvalue weighted by Gasteiger charge is 2.40. The maximum Gasteiger partial charge on any atom is 0.262 e. The SMILES string of the molecule is Cc1ccccc1N1C(=O)C(Cc2ccc(Br)cc2)SC1=C(C#N)C(N)=O. The van der Waals surface area contributed by atoms with E-state index in [1.807, 2.05) is 55.5 Å². The Labute approximate surface area is 170 Å². The number of benzene rings is 2. The number of thioether (sulfide) groups is 1. The van der Waals surface area contributed by atoms with Crippen LogP contribution in [0, 0.1) is 18.3 Å². The Morgan fingerprint density at radius 1 is 1.26 bits per heavy atom. The number of hydrogen-bond acceptors (Lipinski definition) is 4. The summed E-state index contributed by atoms with van der Waals surface area (Å²) in [6, 6.07) is 16.9. The predicted octanol–water partition coefficient (Wildman–Crippen LogP) is 3.67. The van der Waals surface area contributed by atoms with Gasteiger partial charge in [-0.15, -0.1) is 0 Å². The van der Waals surface area contributed by atoms with Crippen molar-refractivity contribution in [3.05, 3.63) is 74.7 Å². The van der Waals surface area contributed by atoms with E-state index in [0.29, 0.717) is 17.1 Å². The van der Waals surface area contributed by atoms with Crippen molar-refractivity contribution in [2.24, 2.45) is 5.73 Å². The molecular formula is C20H16BrN3O2S. The zero-order valence-corrected chi connectivity index (χ0v) is 16.9. The molecule has 2 aromatic carbocycles. The summed E-state index contributed by atoms with van der Waals surface area (Å²) in [7, 11) is 0. The molecule has 0 aromatic heterocycles. The standard InChI is InChI=1S/C20H16BrN3O2S/c1-12-4-2-3-5-16(12)24-19(26)17(10-13-6-8-14(21)9-7-13)27-20(24)15(11-22)18(23)25/h2-9,17H,10H2,1H3,(H2,23,25). The summed E-state index contributed by atoms with van der Waals surface area (Å²) in [5.74, 6) is -1.00. The minimum absolute atomic E-state index is 0.166. The molecule has 1 aliphatic heterocycles. The van der Waals surface area contributed by atoms with E-state index in [4.69, 9.17) is 5.73 Å². The highest BCUT2D eigenvalue weighted by molar-refractivity contribution is 9.10. The van der Waals surface area contributed by atoms with E-state index in [1.54, 1.807) is 6.07 Å². The van der Waals surface area contributed by atoms with Crippen molar-refractivity contribution in [3.8, 4) is 6.07 Å². The molecule has 2 amide bonds. The first-order valence-electron chi connectivity index (χ1n) is 8.17. The van der Waals surface area contributed by atoms with Crippen LogP contribution in [-0.4, -0.2) is 17.1 Å². The molecule has 2 N–H and O–H groups in total. The largest absolute Gasteiger partial charge is 0.365 e. The number of primary amides is 1. The molecule has 7 heteroatoms. The van der Waals surface area contributed by atoms with Crippen LogP contribution in [0.1, 0.15) is 11.1 Å². The second-order valence-electron chi connectivity index (χ2n) is 6.05. The van der Waals surface area contributed by atoms with Gasteiger partial charge in [0.1, 0.15) is 16.7 Å². The highest BCUT2D eigenvalue weighted by Crippen LogP contribution is 2.42. The molecule has 5 nitrogen and oxygen atoms in total. The molecule has 27 heavy (non-hydrogen) atoms. The number of carbonyl (C=O) groups excluding carboxylic acids is 2. The first-order chi connectivity index (χ1) is 12.9. The van der Waals surface area contributed by atoms with Crippen molar-refractivity contribution >= 4 is 45.2 Å². The lowest BCUT2D eigenvalue weighted by molar-refractivity contribution is -0.117. The van der Waals surface area contributed by atoms with Crippen LogP contribution in [0.5, 0.6) is 0 Å². The minimum atomic E-state index is -0.837. The average Bonchev–Trinajstić information content (AvgIpc) is 2.94. The van der Waals surface area contributed by atoms with Crippen LogP contribution in [0.2, 0.25) is 0 Å². The van der Waals surface area contributed by atoms with Crippen molar-refractivity contribution in [2.45, 2.75) is 18.6 Å². The van der Waals surface area contributed by atoms with Crippen molar-refractivity contribution in [1.82, 2.24) is 0 Å². The van der Waals surface area contributed by atoms with E-state index in [9.17, 15) is 14.9 Å². The second-order valence-corrected chi connectivity index (χ2v) is 8.16. The summed E-state index contributed by atoms with van der Waals surface area (Å²) >= 11 is 4.61. The Balaban J connectivity index is 2.05. The number of nitrogens with zero attached hydrogens (tertiary/aromatic N) is 2. The summed E-state index contributed by atoms with van der Waals surface area (Å²) in [5, 5.41) is 9.27. The summed E-state index contributed by atoms with van der Waals surface area (Å²) in [6.45, 7) is 1.88. The van der Waals surface area contributed by atoms with Crippen molar-refractivity contribution in [1.29, 1.82) is 5.26 Å². The summed E-state index contributed by atoms with van der Waals surface area (Å²) < 4.78 is 0.958. The molecule has 0 saturated carbocycles. The quantitative estimate of drug-likeness (QED) is 0.578. The first kappa shape index (κ1) is 19.2. The molecular weight excluding hydrogens is 426 g/mol. The number of nitriles is 1. The number of amides is 2. The van der Waals surface area contributed by atoms with Gasteiger partial charge in [0.15, 0.2) is 0 Å². The fourth-order valence-electron chi connectivity index (χ4n) is 2.87. The van der Waals surface area contributed by atoms with E-state index < -0.39 is 11.2 Å². The summed E-state index contributed by atoms with van der Waals surface area (Å²) in [4.78, 5) is 26.4. The zero-order valence-electron chi connectivity index (χ0n) is 14.5. The van der Waals surface area contributed by atoms with Crippen LogP contribution in [0.4, 0.5) is 5.69 Å². The number of aryl methyl sites for hydroxylation is 1. The van der Waals surface area contributed by atoms with Gasteiger partial charge in [-0.3, -0.25) is 14.5 Å². The number of nitrogens with two attached hydrogens (primary N) is 1. The molecule has 3 rings (SSSR count). The number of para-hydroxylation sites is 1. The van der Waals surface area contributed by atoms with Crippen molar-refractivity contribution in [2.75, 3.05) is 4.90 Å². The van der Waals surface area contributed by atoms with Crippen molar-refractivity contribution in [3.63, 3.8) is 0 Å². The zero-order chi connectivity index (χ0) is 19.6. The summed E-state index contributed by atoms with van der Waals surface area (Å²) in [5.41, 5.74) is 7.70. The van der Waals surface area contributed by atoms with Crippen LogP contribution in [0.3, 0.4) is 0 Å². The normalized spacial score (nSPS) is 18.3. The van der Waals surface area contributed by atoms with Gasteiger partial charge in [0.25, 0.3) is 5.91 Å². The molecule has 1 saturated heterocycles. The number of hydrogen-bond donors (Lipinski definition) is 1. The molecule has 2 aromatic rings. The molecule has 1 atom stereocenters. The Morgan fingerprint density at radius 2 is 1.93 bits per heavy atom. The van der Waals surface area contributed by atoms with Gasteiger partial charge in [0.2, 0.25) is 5.91 Å². The van der Waals surface area contributed by atoms with E-state index in [1.165, 1.54) is 16.7 Å². The Kier molecular flexibility index (Phi) is 5.68. The summed E-state index contributed by atoms with van der Waals surface area (Å²) in [6.07, 6.45) is 0.486. The van der Waals surface area contributed by atoms with Gasteiger partial charge in [-0.05, 0) is 42.7 Å². The Bertz CT molecular complexity index is 979. The van der Waals surface area contributed by atoms with Crippen LogP contribution in [0.25, 0.3) is 0 Å². The van der Waals surface area contributed by atoms with Gasteiger partial charge < -0.3 is 5.73 Å². The highest BCUT2D eigenvalue weighted by atomic mass is 79.9. The second kappa shape index (κ2) is 7.99. The molecule has 1 heterocycles. The third-order valence-electron chi connectivity index (χ3n) is 4.22. The average molecular weight is 442 g/mol. The monoisotopic (exact) mass is 441 g/mol. The molecule has 0 bridgehead atoms. The number of halogens is 1. The fraction of sp³-hybridized carbons (Fsp3) is 0.150. The molecule has 0 radical (unpaired) electrons. The maximum atomic E-state index is 13.2. The molecule has 1 fully saturated rings. The molecule has 0 spiro atoms. The topological polar surface area (TPSA) is 87.2 Å². The lowest BCUT2D eigenvalue weighted by atomic mass is 10.1. The third-order valence-corrected chi connectivity index (χ3v) is 6.01. The first-order valence-corrected chi connectivity index (χ1v) is 9.84. The van der Waals surface area contributed by atoms with Gasteiger partial charge >= 0.3 is 0 Å². The third kappa shape index (κ3) is 3.92. The molecule has 0 aliphatic carbocycles. The molecule has 1 aliphatic rings. The van der Waals surface area contributed by atoms with Gasteiger partial charge in [-0.2, -0.15) is 5.26 Å². The smallest absolute Gasteiger partial charge is 0.262 e. The molecule has 136 valence electrons. The van der Waals surface area contributed by atoms with Gasteiger partial charge in [-0.1, -0.05) is 58.0 Å². The lowest BCUT2D eigenvalue weighted by Crippen LogP contribution is -2.31. The van der Waals surface area contributed by atoms with Gasteiger partial charge in [0, 0.05) is 4.47 Å². The number of rotatable bonds is 4. The van der Waals surface area contributed by atoms with Gasteiger partial charge in [0.05, 0.1) is 10.9 Å². The fourth-order valence-corrected chi connectivity index (χ4v) is 4.44. The maximum absolute atomic E-state index is 13.2. The van der Waals surface area contributed by atoms with Crippen LogP contribution < -0.4 is 10.6 Å². The van der Waals surface area contributed by atoms with E-state index in [-0.39, 0.29) is 11.5 Å². The van der Waals surface area contributed by atoms with E-state index >= 15 is 0 Å². The Morgan fingerprint density at radius 3 is 2.52 bits per heavy atom. The number of carbonyl (C=O) groups is 2. The van der Waals surface area contributed by atoms with Crippen LogP contribution in [-0.2, 0) is 16.0 Å². The van der Waals surface area contributed by atoms with Crippen LogP contribution >= 0.6 is 27.7 Å². The molecule has 1 unspecified atom stereocenters. The van der Waals surface area contributed by atoms with Crippen LogP contribution in [0.15, 0.2) is 63.6 Å². The van der Waals surface area contributed by atoms with Gasteiger partial charge in [-0.25, -0.2) is 0 Å². The van der Waals surface area contributed by atoms with E-state index in [2.05, 4.69) is 15.9 Å². The van der Waals surface area contributed by atoms with E-state index in [0.717, 1.165) is 15.6 Å². The predicted molar refractivity (Wildman–Crippen MR) is 110 cm³/mol.